The Bertz CT molecular complexity index is 1490. The second-order valence-electron chi connectivity index (χ2n) is 12.2. The van der Waals surface area contributed by atoms with Crippen LogP contribution >= 0.6 is 0 Å². The molecule has 4 rings (SSSR count). The van der Waals surface area contributed by atoms with Crippen LogP contribution in [0.3, 0.4) is 0 Å². The Balaban J connectivity index is 1.70. The number of rotatable bonds is 15. The molecule has 52 heavy (non-hydrogen) atoms. The van der Waals surface area contributed by atoms with Crippen molar-refractivity contribution in [2.75, 3.05) is 13.2 Å². The molecule has 2 fully saturated rings. The molecule has 2 aliphatic rings. The lowest BCUT2D eigenvalue weighted by Crippen LogP contribution is -2.68. The number of aliphatic hydroxyl groups is 1. The molecule has 0 bridgehead atoms. The fourth-order valence-electron chi connectivity index (χ4n) is 5.83. The maximum absolute atomic E-state index is 12.4. The van der Waals surface area contributed by atoms with Crippen molar-refractivity contribution < 1.29 is 71.7 Å². The largest absolute Gasteiger partial charge is 0.463 e. The predicted octanol–water partition coefficient (Wildman–Crippen LogP) is 1.48. The van der Waals surface area contributed by atoms with Crippen molar-refractivity contribution in [2.45, 2.75) is 109 Å². The van der Waals surface area contributed by atoms with Gasteiger partial charge in [0.1, 0.15) is 37.1 Å². The van der Waals surface area contributed by atoms with E-state index in [1.165, 1.54) is 6.92 Å². The molecule has 0 aromatic heterocycles. The van der Waals surface area contributed by atoms with Gasteiger partial charge in [0.2, 0.25) is 5.91 Å². The van der Waals surface area contributed by atoms with Gasteiger partial charge in [-0.05, 0) is 11.1 Å². The summed E-state index contributed by atoms with van der Waals surface area (Å²) >= 11 is 0. The molecule has 10 atom stereocenters. The van der Waals surface area contributed by atoms with Gasteiger partial charge in [-0.25, -0.2) is 0 Å². The normalized spacial score (nSPS) is 28.6. The molecule has 2 heterocycles. The highest BCUT2D eigenvalue weighted by Gasteiger charge is 2.56. The summed E-state index contributed by atoms with van der Waals surface area (Å²) in [6, 6.07) is 17.3. The minimum Gasteiger partial charge on any atom is -0.463 e. The molecule has 0 saturated carbocycles. The van der Waals surface area contributed by atoms with E-state index in [0.29, 0.717) is 0 Å². The van der Waals surface area contributed by atoms with Crippen molar-refractivity contribution >= 4 is 29.8 Å². The number of ether oxygens (including phenoxy) is 9. The first-order chi connectivity index (χ1) is 24.8. The molecule has 284 valence electrons. The third-order valence-electron chi connectivity index (χ3n) is 7.93. The Morgan fingerprint density at radius 3 is 1.71 bits per heavy atom. The molecule has 0 aliphatic carbocycles. The van der Waals surface area contributed by atoms with Crippen LogP contribution in [0.4, 0.5) is 0 Å². The number of nitrogens with one attached hydrogen (secondary N) is 1. The van der Waals surface area contributed by atoms with E-state index < -0.39 is 97.7 Å². The maximum atomic E-state index is 12.4. The number of hydrogen-bond acceptors (Lipinski definition) is 15. The van der Waals surface area contributed by atoms with E-state index in [1.807, 2.05) is 60.7 Å². The van der Waals surface area contributed by atoms with Gasteiger partial charge in [-0.2, -0.15) is 0 Å². The number of esters is 4. The minimum absolute atomic E-state index is 0.0666. The molecule has 2 aromatic rings. The SMILES string of the molecule is CC(=O)N[C@@H]1[C@@H](OCc2ccccc2)OC(COCc2ccccc2)[C@@H](O[C@@H]2OC(COC(C)=O)[C@@H](OC(C)=O)[C@H](OC(C)=O)[C@@H]2OC(C)=O)[C@H]1O. The third-order valence-corrected chi connectivity index (χ3v) is 7.93. The van der Waals surface area contributed by atoms with Crippen LogP contribution in [-0.2, 0) is 79.8 Å². The monoisotopic (exact) mass is 731 g/mol. The maximum Gasteiger partial charge on any atom is 0.303 e. The zero-order valence-electron chi connectivity index (χ0n) is 29.5. The predicted molar refractivity (Wildman–Crippen MR) is 176 cm³/mol. The van der Waals surface area contributed by atoms with E-state index >= 15 is 0 Å². The number of hydrogen-bond donors (Lipinski definition) is 2. The van der Waals surface area contributed by atoms with Crippen LogP contribution < -0.4 is 5.32 Å². The van der Waals surface area contributed by atoms with E-state index in [9.17, 15) is 29.1 Å². The molecule has 2 N–H and O–H groups in total. The van der Waals surface area contributed by atoms with Gasteiger partial charge in [-0.3, -0.25) is 24.0 Å². The van der Waals surface area contributed by atoms with Gasteiger partial charge in [-0.1, -0.05) is 60.7 Å². The number of carbonyl (C=O) groups excluding carboxylic acids is 5. The fourth-order valence-corrected chi connectivity index (χ4v) is 5.83. The highest BCUT2D eigenvalue weighted by Crippen LogP contribution is 2.34. The summed E-state index contributed by atoms with van der Waals surface area (Å²) in [6.45, 7) is 5.26. The van der Waals surface area contributed by atoms with E-state index in [4.69, 9.17) is 42.6 Å². The van der Waals surface area contributed by atoms with Crippen molar-refractivity contribution in [3.63, 3.8) is 0 Å². The highest BCUT2D eigenvalue weighted by molar-refractivity contribution is 5.73. The standard InChI is InChI=1S/C36H45NO15/c1-20(38)37-29-30(43)31(27(18-44-16-25-12-8-6-9-13-25)50-35(29)46-17-26-14-10-7-11-15-26)52-36-34(49-24(5)42)33(48-23(4)41)32(47-22(3)40)28(51-36)19-45-21(2)39/h6-15,27-36,43H,16-19H2,1-5H3,(H,37,38)/t27?,28?,29-,30-,31+,32+,33-,34-,35-,36-/m0/s1. The number of benzene rings is 2. The number of carbonyl (C=O) groups is 5. The van der Waals surface area contributed by atoms with Gasteiger partial charge in [0.25, 0.3) is 0 Å². The summed E-state index contributed by atoms with van der Waals surface area (Å²) < 4.78 is 52.6. The Labute approximate surface area is 300 Å². The van der Waals surface area contributed by atoms with Crippen LogP contribution in [0.1, 0.15) is 45.7 Å². The summed E-state index contributed by atoms with van der Waals surface area (Å²) in [6.07, 6.45) is -12.7. The van der Waals surface area contributed by atoms with Crippen molar-refractivity contribution in [3.8, 4) is 0 Å². The quantitative estimate of drug-likeness (QED) is 0.197. The zero-order chi connectivity index (χ0) is 37.8. The van der Waals surface area contributed by atoms with Gasteiger partial charge in [0.05, 0.1) is 19.8 Å². The van der Waals surface area contributed by atoms with Crippen LogP contribution in [0.25, 0.3) is 0 Å². The van der Waals surface area contributed by atoms with Crippen LogP contribution in [0.15, 0.2) is 60.7 Å². The average Bonchev–Trinajstić information content (AvgIpc) is 3.08. The van der Waals surface area contributed by atoms with Gasteiger partial charge >= 0.3 is 23.9 Å². The lowest BCUT2D eigenvalue weighted by molar-refractivity contribution is -0.351. The van der Waals surface area contributed by atoms with Crippen LogP contribution in [0.2, 0.25) is 0 Å². The fraction of sp³-hybridized carbons (Fsp3) is 0.528. The Hall–Kier alpha value is -4.45. The van der Waals surface area contributed by atoms with Crippen LogP contribution in [0.5, 0.6) is 0 Å². The Morgan fingerprint density at radius 1 is 0.635 bits per heavy atom. The van der Waals surface area contributed by atoms with Crippen molar-refractivity contribution in [1.29, 1.82) is 0 Å². The molecule has 0 radical (unpaired) electrons. The van der Waals surface area contributed by atoms with E-state index in [-0.39, 0.29) is 19.8 Å². The minimum atomic E-state index is -1.65. The van der Waals surface area contributed by atoms with Crippen molar-refractivity contribution in [2.24, 2.45) is 0 Å². The Morgan fingerprint density at radius 2 is 1.15 bits per heavy atom. The summed E-state index contributed by atoms with van der Waals surface area (Å²) in [7, 11) is 0. The molecule has 2 saturated heterocycles. The summed E-state index contributed by atoms with van der Waals surface area (Å²) in [5.74, 6) is -3.67. The summed E-state index contributed by atoms with van der Waals surface area (Å²) in [4.78, 5) is 61.1. The lowest BCUT2D eigenvalue weighted by Gasteiger charge is -2.48. The molecule has 16 nitrogen and oxygen atoms in total. The zero-order valence-corrected chi connectivity index (χ0v) is 29.5. The molecule has 2 unspecified atom stereocenters. The first-order valence-corrected chi connectivity index (χ1v) is 16.7. The third kappa shape index (κ3) is 11.8. The van der Waals surface area contributed by atoms with Crippen molar-refractivity contribution in [3.05, 3.63) is 71.8 Å². The number of aliphatic hydroxyl groups excluding tert-OH is 1. The second kappa shape index (κ2) is 19.4. The van der Waals surface area contributed by atoms with Crippen LogP contribution in [-0.4, -0.2) is 109 Å². The van der Waals surface area contributed by atoms with Crippen LogP contribution in [0, 0.1) is 0 Å². The summed E-state index contributed by atoms with van der Waals surface area (Å²) in [5.41, 5.74) is 1.65. The van der Waals surface area contributed by atoms with Crippen molar-refractivity contribution in [1.82, 2.24) is 5.32 Å². The molecule has 0 spiro atoms. The highest BCUT2D eigenvalue weighted by atomic mass is 16.8. The topological polar surface area (TPSA) is 201 Å². The molecule has 2 aromatic carbocycles. The molecule has 2 aliphatic heterocycles. The van der Waals surface area contributed by atoms with Gasteiger partial charge in [0, 0.05) is 34.6 Å². The van der Waals surface area contributed by atoms with E-state index in [2.05, 4.69) is 5.32 Å². The molecular weight excluding hydrogens is 686 g/mol. The lowest BCUT2D eigenvalue weighted by atomic mass is 9.95. The van der Waals surface area contributed by atoms with E-state index in [1.54, 1.807) is 0 Å². The second-order valence-corrected chi connectivity index (χ2v) is 12.2. The first-order valence-electron chi connectivity index (χ1n) is 16.7. The molecule has 16 heteroatoms. The van der Waals surface area contributed by atoms with Gasteiger partial charge < -0.3 is 53.1 Å². The summed E-state index contributed by atoms with van der Waals surface area (Å²) in [5, 5.41) is 14.6. The molecular formula is C36H45NO15. The van der Waals surface area contributed by atoms with Gasteiger partial charge in [-0.15, -0.1) is 0 Å². The smallest absolute Gasteiger partial charge is 0.303 e. The first kappa shape index (κ1) is 40.3. The Kier molecular flexibility index (Phi) is 15.0. The average molecular weight is 732 g/mol. The van der Waals surface area contributed by atoms with E-state index in [0.717, 1.165) is 38.8 Å². The molecule has 1 amide bonds. The number of amides is 1. The van der Waals surface area contributed by atoms with Gasteiger partial charge in [0.15, 0.2) is 30.9 Å².